The zero-order valence-electron chi connectivity index (χ0n) is 8.47. The van der Waals surface area contributed by atoms with E-state index in [-0.39, 0.29) is 24.5 Å². The highest BCUT2D eigenvalue weighted by Crippen LogP contribution is 2.33. The highest BCUT2D eigenvalue weighted by molar-refractivity contribution is 5.77. The molecule has 0 radical (unpaired) electrons. The fourth-order valence-electron chi connectivity index (χ4n) is 1.23. The maximum atomic E-state index is 11.7. The van der Waals surface area contributed by atoms with Crippen LogP contribution in [0.4, 0.5) is 8.78 Å². The van der Waals surface area contributed by atoms with Gasteiger partial charge < -0.3 is 15.8 Å². The second-order valence-corrected chi connectivity index (χ2v) is 3.75. The van der Waals surface area contributed by atoms with Crippen molar-refractivity contribution in [2.24, 2.45) is 5.73 Å². The first-order valence-electron chi connectivity index (χ1n) is 4.95. The van der Waals surface area contributed by atoms with Crippen LogP contribution < -0.4 is 11.1 Å². The summed E-state index contributed by atoms with van der Waals surface area (Å²) in [5.74, 6) is -0.188. The molecule has 0 saturated heterocycles. The van der Waals surface area contributed by atoms with Gasteiger partial charge in [0, 0.05) is 13.0 Å². The molecule has 0 spiro atoms. The highest BCUT2D eigenvalue weighted by atomic mass is 19.3. The van der Waals surface area contributed by atoms with Crippen molar-refractivity contribution in [1.82, 2.24) is 5.32 Å². The quantitative estimate of drug-likeness (QED) is 0.607. The minimum Gasteiger partial charge on any atom is -0.375 e. The van der Waals surface area contributed by atoms with Gasteiger partial charge in [-0.05, 0) is 12.8 Å². The molecule has 0 atom stereocenters. The van der Waals surface area contributed by atoms with Gasteiger partial charge in [0.15, 0.2) is 0 Å². The summed E-state index contributed by atoms with van der Waals surface area (Å²) in [5.41, 5.74) is 5.24. The monoisotopic (exact) mass is 222 g/mol. The highest BCUT2D eigenvalue weighted by Gasteiger charge is 2.42. The third-order valence-corrected chi connectivity index (χ3v) is 2.37. The van der Waals surface area contributed by atoms with Crippen LogP contribution in [-0.4, -0.2) is 37.6 Å². The number of amides is 1. The van der Waals surface area contributed by atoms with Gasteiger partial charge in [-0.1, -0.05) is 0 Å². The van der Waals surface area contributed by atoms with Gasteiger partial charge in [-0.3, -0.25) is 4.79 Å². The van der Waals surface area contributed by atoms with Crippen molar-refractivity contribution in [2.45, 2.75) is 31.2 Å². The van der Waals surface area contributed by atoms with Crippen LogP contribution in [0.25, 0.3) is 0 Å². The minimum atomic E-state index is -2.48. The summed E-state index contributed by atoms with van der Waals surface area (Å²) in [7, 11) is 0. The number of hydrogen-bond acceptors (Lipinski definition) is 3. The van der Waals surface area contributed by atoms with Gasteiger partial charge in [0.05, 0.1) is 12.1 Å². The molecule has 0 aromatic carbocycles. The molecule has 0 aromatic rings. The Balaban J connectivity index is 2.04. The Labute approximate surface area is 87.1 Å². The fourth-order valence-corrected chi connectivity index (χ4v) is 1.23. The summed E-state index contributed by atoms with van der Waals surface area (Å²) in [5, 5.41) is 2.77. The van der Waals surface area contributed by atoms with Gasteiger partial charge in [-0.15, -0.1) is 0 Å². The molecule has 1 fully saturated rings. The summed E-state index contributed by atoms with van der Waals surface area (Å²) in [4.78, 5) is 11.3. The number of carbonyl (C=O) groups excluding carboxylic acids is 1. The molecule has 0 heterocycles. The first kappa shape index (κ1) is 12.3. The van der Waals surface area contributed by atoms with Gasteiger partial charge in [-0.25, -0.2) is 8.78 Å². The Bertz CT molecular complexity index is 220. The van der Waals surface area contributed by atoms with E-state index in [9.17, 15) is 13.6 Å². The molecular formula is C9H16F2N2O2. The van der Waals surface area contributed by atoms with E-state index in [4.69, 9.17) is 5.73 Å². The molecule has 6 heteroatoms. The number of alkyl halides is 2. The molecule has 1 amide bonds. The standard InChI is InChI=1S/C9H16F2N2O2/c10-7(11)5-15-4-1-8(14)13-9(6-12)2-3-9/h7H,1-6,12H2,(H,13,14). The van der Waals surface area contributed by atoms with Gasteiger partial charge in [0.25, 0.3) is 6.43 Å². The molecule has 4 nitrogen and oxygen atoms in total. The van der Waals surface area contributed by atoms with Crippen LogP contribution in [0.5, 0.6) is 0 Å². The topological polar surface area (TPSA) is 64.3 Å². The normalized spacial score (nSPS) is 17.9. The Morgan fingerprint density at radius 2 is 2.20 bits per heavy atom. The third-order valence-electron chi connectivity index (χ3n) is 2.37. The van der Waals surface area contributed by atoms with E-state index in [0.717, 1.165) is 12.8 Å². The first-order chi connectivity index (χ1) is 7.08. The number of rotatable bonds is 7. The summed E-state index contributed by atoms with van der Waals surface area (Å²) < 4.78 is 27.9. The molecular weight excluding hydrogens is 206 g/mol. The molecule has 0 aliphatic heterocycles. The van der Waals surface area contributed by atoms with Crippen molar-refractivity contribution >= 4 is 5.91 Å². The van der Waals surface area contributed by atoms with E-state index in [2.05, 4.69) is 10.1 Å². The maximum Gasteiger partial charge on any atom is 0.261 e. The smallest absolute Gasteiger partial charge is 0.261 e. The largest absolute Gasteiger partial charge is 0.375 e. The maximum absolute atomic E-state index is 11.7. The minimum absolute atomic E-state index is 0.0246. The zero-order chi connectivity index (χ0) is 11.3. The lowest BCUT2D eigenvalue weighted by Gasteiger charge is -2.14. The van der Waals surface area contributed by atoms with Crippen LogP contribution in [0.2, 0.25) is 0 Å². The van der Waals surface area contributed by atoms with Crippen molar-refractivity contribution in [2.75, 3.05) is 19.8 Å². The molecule has 0 unspecified atom stereocenters. The van der Waals surface area contributed by atoms with E-state index in [1.807, 2.05) is 0 Å². The Kier molecular flexibility index (Phi) is 4.41. The van der Waals surface area contributed by atoms with E-state index in [0.29, 0.717) is 6.54 Å². The number of ether oxygens (including phenoxy) is 1. The van der Waals surface area contributed by atoms with Gasteiger partial charge >= 0.3 is 0 Å². The predicted molar refractivity (Wildman–Crippen MR) is 50.6 cm³/mol. The van der Waals surface area contributed by atoms with Crippen LogP contribution in [0.1, 0.15) is 19.3 Å². The van der Waals surface area contributed by atoms with Gasteiger partial charge in [0.2, 0.25) is 5.91 Å². The van der Waals surface area contributed by atoms with Crippen molar-refractivity contribution in [3.05, 3.63) is 0 Å². The van der Waals surface area contributed by atoms with Crippen LogP contribution in [-0.2, 0) is 9.53 Å². The van der Waals surface area contributed by atoms with E-state index in [1.54, 1.807) is 0 Å². The number of nitrogens with one attached hydrogen (secondary N) is 1. The lowest BCUT2D eigenvalue weighted by atomic mass is 10.2. The average molecular weight is 222 g/mol. The molecule has 1 rings (SSSR count). The summed E-state index contributed by atoms with van der Waals surface area (Å²) in [6, 6.07) is 0. The lowest BCUT2D eigenvalue weighted by Crippen LogP contribution is -2.42. The van der Waals surface area contributed by atoms with Crippen LogP contribution in [0.15, 0.2) is 0 Å². The Morgan fingerprint density at radius 3 is 2.67 bits per heavy atom. The van der Waals surface area contributed by atoms with Gasteiger partial charge in [0.1, 0.15) is 6.61 Å². The van der Waals surface area contributed by atoms with Crippen LogP contribution >= 0.6 is 0 Å². The number of carbonyl (C=O) groups is 1. The molecule has 1 saturated carbocycles. The van der Waals surface area contributed by atoms with Crippen LogP contribution in [0, 0.1) is 0 Å². The predicted octanol–water partition coefficient (Wildman–Crippen LogP) is 0.266. The van der Waals surface area contributed by atoms with Crippen molar-refractivity contribution in [1.29, 1.82) is 0 Å². The molecule has 1 aliphatic rings. The summed E-state index contributed by atoms with van der Waals surface area (Å²) in [6.45, 7) is -0.164. The Morgan fingerprint density at radius 1 is 1.53 bits per heavy atom. The third kappa shape index (κ3) is 4.53. The fraction of sp³-hybridized carbons (Fsp3) is 0.889. The lowest BCUT2D eigenvalue weighted by molar-refractivity contribution is -0.123. The molecule has 0 bridgehead atoms. The number of hydrogen-bond donors (Lipinski definition) is 2. The molecule has 1 aliphatic carbocycles. The molecule has 88 valence electrons. The van der Waals surface area contributed by atoms with Crippen LogP contribution in [0.3, 0.4) is 0 Å². The second kappa shape index (κ2) is 5.37. The van der Waals surface area contributed by atoms with Gasteiger partial charge in [-0.2, -0.15) is 0 Å². The van der Waals surface area contributed by atoms with Crippen molar-refractivity contribution < 1.29 is 18.3 Å². The zero-order valence-corrected chi connectivity index (χ0v) is 8.47. The first-order valence-corrected chi connectivity index (χ1v) is 4.95. The molecule has 0 aromatic heterocycles. The van der Waals surface area contributed by atoms with E-state index < -0.39 is 13.0 Å². The molecule has 3 N–H and O–H groups in total. The second-order valence-electron chi connectivity index (χ2n) is 3.75. The molecule has 15 heavy (non-hydrogen) atoms. The number of nitrogens with two attached hydrogens (primary N) is 1. The number of halogens is 2. The van der Waals surface area contributed by atoms with Crippen molar-refractivity contribution in [3.8, 4) is 0 Å². The van der Waals surface area contributed by atoms with E-state index >= 15 is 0 Å². The summed E-state index contributed by atoms with van der Waals surface area (Å²) >= 11 is 0. The SMILES string of the molecule is NCC1(NC(=O)CCOCC(F)F)CC1. The average Bonchev–Trinajstić information content (AvgIpc) is 2.93. The van der Waals surface area contributed by atoms with E-state index in [1.165, 1.54) is 0 Å². The summed E-state index contributed by atoms with van der Waals surface area (Å²) in [6.07, 6.45) is -0.582. The Hall–Kier alpha value is -0.750. The van der Waals surface area contributed by atoms with Crippen molar-refractivity contribution in [3.63, 3.8) is 0 Å².